The Morgan fingerprint density at radius 1 is 1.19 bits per heavy atom. The van der Waals surface area contributed by atoms with Gasteiger partial charge in [0.1, 0.15) is 5.82 Å². The summed E-state index contributed by atoms with van der Waals surface area (Å²) in [6.07, 6.45) is 3.08. The number of pyridine rings is 1. The SMILES string of the molecule is O=C(Nc1ccncc1F)N[C@H]1C[C@@H]1c1ccccc1F. The fourth-order valence-electron chi connectivity index (χ4n) is 2.28. The summed E-state index contributed by atoms with van der Waals surface area (Å²) in [5, 5.41) is 5.11. The monoisotopic (exact) mass is 289 g/mol. The van der Waals surface area contributed by atoms with Gasteiger partial charge in [-0.1, -0.05) is 18.2 Å². The van der Waals surface area contributed by atoms with Gasteiger partial charge in [-0.25, -0.2) is 13.6 Å². The van der Waals surface area contributed by atoms with Crippen molar-refractivity contribution in [2.75, 3.05) is 5.32 Å². The smallest absolute Gasteiger partial charge is 0.319 e. The number of hydrogen-bond acceptors (Lipinski definition) is 2. The highest BCUT2D eigenvalue weighted by Gasteiger charge is 2.41. The number of rotatable bonds is 3. The van der Waals surface area contributed by atoms with Crippen LogP contribution in [0.25, 0.3) is 0 Å². The van der Waals surface area contributed by atoms with Gasteiger partial charge in [0.25, 0.3) is 0 Å². The number of benzene rings is 1. The molecular formula is C15H13F2N3O. The van der Waals surface area contributed by atoms with E-state index in [-0.39, 0.29) is 23.5 Å². The van der Waals surface area contributed by atoms with E-state index in [2.05, 4.69) is 15.6 Å². The van der Waals surface area contributed by atoms with Gasteiger partial charge >= 0.3 is 6.03 Å². The van der Waals surface area contributed by atoms with Crippen LogP contribution in [0.5, 0.6) is 0 Å². The third kappa shape index (κ3) is 2.99. The van der Waals surface area contributed by atoms with Crippen LogP contribution in [0.3, 0.4) is 0 Å². The quantitative estimate of drug-likeness (QED) is 0.912. The molecule has 1 aliphatic carbocycles. The molecule has 0 saturated heterocycles. The molecule has 1 fully saturated rings. The Balaban J connectivity index is 1.58. The number of nitrogens with zero attached hydrogens (tertiary/aromatic N) is 1. The Bertz CT molecular complexity index is 677. The number of amides is 2. The molecule has 2 amide bonds. The average Bonchev–Trinajstić information content (AvgIpc) is 3.21. The first kappa shape index (κ1) is 13.5. The van der Waals surface area contributed by atoms with Crippen LogP contribution >= 0.6 is 0 Å². The first-order valence-electron chi connectivity index (χ1n) is 6.56. The molecule has 1 heterocycles. The van der Waals surface area contributed by atoms with Crippen LogP contribution in [0.2, 0.25) is 0 Å². The molecule has 3 rings (SSSR count). The molecule has 0 aliphatic heterocycles. The third-order valence-corrected chi connectivity index (χ3v) is 3.43. The molecule has 0 spiro atoms. The lowest BCUT2D eigenvalue weighted by atomic mass is 10.1. The summed E-state index contributed by atoms with van der Waals surface area (Å²) in [6, 6.07) is 7.23. The largest absolute Gasteiger partial charge is 0.334 e. The summed E-state index contributed by atoms with van der Waals surface area (Å²) < 4.78 is 26.9. The molecule has 2 atom stereocenters. The van der Waals surface area contributed by atoms with Crippen molar-refractivity contribution in [1.82, 2.24) is 10.3 Å². The zero-order valence-electron chi connectivity index (χ0n) is 11.0. The van der Waals surface area contributed by atoms with E-state index in [0.717, 1.165) is 6.20 Å². The van der Waals surface area contributed by atoms with Gasteiger partial charge < -0.3 is 10.6 Å². The molecule has 1 aliphatic rings. The molecule has 108 valence electrons. The maximum absolute atomic E-state index is 13.6. The van der Waals surface area contributed by atoms with E-state index in [1.807, 2.05) is 0 Å². The number of aromatic nitrogens is 1. The third-order valence-electron chi connectivity index (χ3n) is 3.43. The minimum atomic E-state index is -0.603. The normalized spacial score (nSPS) is 19.9. The van der Waals surface area contributed by atoms with E-state index in [9.17, 15) is 13.6 Å². The summed E-state index contributed by atoms with van der Waals surface area (Å²) in [5.41, 5.74) is 0.656. The zero-order chi connectivity index (χ0) is 14.8. The van der Waals surface area contributed by atoms with Crippen molar-refractivity contribution in [3.8, 4) is 0 Å². The second-order valence-corrected chi connectivity index (χ2v) is 4.92. The number of carbonyl (C=O) groups is 1. The first-order valence-corrected chi connectivity index (χ1v) is 6.56. The number of carbonyl (C=O) groups excluding carboxylic acids is 1. The second kappa shape index (κ2) is 5.47. The van der Waals surface area contributed by atoms with E-state index in [0.29, 0.717) is 12.0 Å². The fraction of sp³-hybridized carbons (Fsp3) is 0.200. The molecule has 1 aromatic heterocycles. The lowest BCUT2D eigenvalue weighted by molar-refractivity contribution is 0.251. The van der Waals surface area contributed by atoms with Crippen LogP contribution in [0, 0.1) is 11.6 Å². The number of anilines is 1. The van der Waals surface area contributed by atoms with Crippen LogP contribution in [0.4, 0.5) is 19.3 Å². The van der Waals surface area contributed by atoms with E-state index < -0.39 is 11.8 Å². The summed E-state index contributed by atoms with van der Waals surface area (Å²) in [4.78, 5) is 15.4. The zero-order valence-corrected chi connectivity index (χ0v) is 11.0. The molecule has 21 heavy (non-hydrogen) atoms. The van der Waals surface area contributed by atoms with Crippen LogP contribution in [0.15, 0.2) is 42.7 Å². The van der Waals surface area contributed by atoms with Gasteiger partial charge in [0, 0.05) is 18.2 Å². The van der Waals surface area contributed by atoms with Crippen LogP contribution in [-0.4, -0.2) is 17.1 Å². The van der Waals surface area contributed by atoms with E-state index in [4.69, 9.17) is 0 Å². The Labute approximate surface area is 120 Å². The van der Waals surface area contributed by atoms with Crippen molar-refractivity contribution < 1.29 is 13.6 Å². The number of nitrogens with one attached hydrogen (secondary N) is 2. The van der Waals surface area contributed by atoms with E-state index >= 15 is 0 Å². The van der Waals surface area contributed by atoms with Gasteiger partial charge in [0.15, 0.2) is 5.82 Å². The molecule has 2 N–H and O–H groups in total. The summed E-state index contributed by atoms with van der Waals surface area (Å²) in [5.74, 6) is -0.902. The molecule has 1 saturated carbocycles. The molecule has 0 radical (unpaired) electrons. The molecule has 0 unspecified atom stereocenters. The standard InChI is InChI=1S/C15H13F2N3O/c16-11-4-2-1-3-9(11)10-7-14(10)20-15(21)19-13-5-6-18-8-12(13)17/h1-6,8,10,14H,7H2,(H2,18,19,20,21)/t10-,14+/m1/s1. The van der Waals surface area contributed by atoms with Crippen molar-refractivity contribution in [1.29, 1.82) is 0 Å². The highest BCUT2D eigenvalue weighted by molar-refractivity contribution is 5.89. The summed E-state index contributed by atoms with van der Waals surface area (Å²) in [7, 11) is 0. The van der Waals surface area contributed by atoms with E-state index in [1.54, 1.807) is 18.2 Å². The number of urea groups is 1. The second-order valence-electron chi connectivity index (χ2n) is 4.92. The lowest BCUT2D eigenvalue weighted by Crippen LogP contribution is -2.31. The van der Waals surface area contributed by atoms with Gasteiger partial charge in [-0.2, -0.15) is 0 Å². The molecule has 6 heteroatoms. The lowest BCUT2D eigenvalue weighted by Gasteiger charge is -2.08. The predicted octanol–water partition coefficient (Wildman–Crippen LogP) is 3.04. The molecule has 2 aromatic rings. The predicted molar refractivity (Wildman–Crippen MR) is 73.9 cm³/mol. The number of hydrogen-bond donors (Lipinski definition) is 2. The number of halogens is 2. The molecule has 0 bridgehead atoms. The van der Waals surface area contributed by atoms with Crippen molar-refractivity contribution in [2.45, 2.75) is 18.4 Å². The van der Waals surface area contributed by atoms with Crippen molar-refractivity contribution in [2.24, 2.45) is 0 Å². The Morgan fingerprint density at radius 3 is 2.76 bits per heavy atom. The summed E-state index contributed by atoms with van der Waals surface area (Å²) >= 11 is 0. The summed E-state index contributed by atoms with van der Waals surface area (Å²) in [6.45, 7) is 0. The Morgan fingerprint density at radius 2 is 2.00 bits per heavy atom. The van der Waals surface area contributed by atoms with Crippen LogP contribution < -0.4 is 10.6 Å². The maximum Gasteiger partial charge on any atom is 0.319 e. The van der Waals surface area contributed by atoms with E-state index in [1.165, 1.54) is 18.3 Å². The minimum Gasteiger partial charge on any atom is -0.334 e. The molecular weight excluding hydrogens is 276 g/mol. The van der Waals surface area contributed by atoms with Gasteiger partial charge in [-0.15, -0.1) is 0 Å². The average molecular weight is 289 g/mol. The maximum atomic E-state index is 13.6. The fourth-order valence-corrected chi connectivity index (χ4v) is 2.28. The highest BCUT2D eigenvalue weighted by atomic mass is 19.1. The van der Waals surface area contributed by atoms with Gasteiger partial charge in [0.05, 0.1) is 11.9 Å². The minimum absolute atomic E-state index is 0.0285. The molecule has 4 nitrogen and oxygen atoms in total. The van der Waals surface area contributed by atoms with Gasteiger partial charge in [-0.3, -0.25) is 4.98 Å². The topological polar surface area (TPSA) is 54.0 Å². The van der Waals surface area contributed by atoms with Crippen LogP contribution in [-0.2, 0) is 0 Å². The van der Waals surface area contributed by atoms with Crippen molar-refractivity contribution >= 4 is 11.7 Å². The van der Waals surface area contributed by atoms with Crippen molar-refractivity contribution in [3.63, 3.8) is 0 Å². The van der Waals surface area contributed by atoms with Crippen LogP contribution in [0.1, 0.15) is 17.9 Å². The van der Waals surface area contributed by atoms with Crippen molar-refractivity contribution in [3.05, 3.63) is 59.9 Å². The Kier molecular flexibility index (Phi) is 3.51. The van der Waals surface area contributed by atoms with Gasteiger partial charge in [-0.05, 0) is 24.1 Å². The molecule has 1 aromatic carbocycles. The van der Waals surface area contributed by atoms with Gasteiger partial charge in [0.2, 0.25) is 0 Å². The highest BCUT2D eigenvalue weighted by Crippen LogP contribution is 2.41. The first-order chi connectivity index (χ1) is 10.1. The Hall–Kier alpha value is -2.50.